The molecule has 2 aromatic heterocycles. The molecule has 4 aromatic rings. The molecule has 2 N–H and O–H groups in total. The Morgan fingerprint density at radius 2 is 1.40 bits per heavy atom. The number of nitrogen functional groups attached to an aromatic ring is 1. The Bertz CT molecular complexity index is 2120. The van der Waals surface area contributed by atoms with Crippen molar-refractivity contribution in [2.45, 2.75) is 141 Å². The minimum absolute atomic E-state index is 0.000658. The molecule has 0 saturated carbocycles. The highest BCUT2D eigenvalue weighted by atomic mass is 28.4. The number of benzene rings is 2. The lowest BCUT2D eigenvalue weighted by Crippen LogP contribution is -2.54. The van der Waals surface area contributed by atoms with Gasteiger partial charge in [0.15, 0.2) is 54.8 Å². The summed E-state index contributed by atoms with van der Waals surface area (Å²) in [6.07, 6.45) is -0.668. The number of carbonyl (C=O) groups excluding carboxylic acids is 1. The summed E-state index contributed by atoms with van der Waals surface area (Å²) in [6.45, 7) is 34.1. The molecule has 1 fully saturated rings. The van der Waals surface area contributed by atoms with Crippen molar-refractivity contribution in [3.05, 3.63) is 54.9 Å². The standard InChI is InChI=1S/C44H70N6O7Si3/c1-42(2,3)58(12,13)54-26-33-36(56-59(14,15)43(4,5)6)37(57-60(16,17)44(7,8)9)40(55-33)50-39-35(38(45)46-28-47-39)48-41(50)49(10)31-23-21-29(22-24-31)30-19-18-20-32(25-30)53-27-34(51)52-11/h18-25,28,33,36-37,40H,26-27H2,1-17H3,(H2,45,46,47)/t33-,36-,37-,40-/m1/s1. The molecule has 1 aliphatic heterocycles. The Kier molecular flexibility index (Phi) is 13.6. The van der Waals surface area contributed by atoms with Gasteiger partial charge in [0.05, 0.1) is 13.7 Å². The van der Waals surface area contributed by atoms with Gasteiger partial charge in [0, 0.05) is 12.7 Å². The molecule has 0 radical (unpaired) electrons. The molecular weight excluding hydrogens is 809 g/mol. The molecule has 4 atom stereocenters. The first-order valence-corrected chi connectivity index (χ1v) is 29.6. The Labute approximate surface area is 361 Å². The largest absolute Gasteiger partial charge is 0.482 e. The minimum Gasteiger partial charge on any atom is -0.482 e. The third kappa shape index (κ3) is 10.0. The fourth-order valence-electron chi connectivity index (χ4n) is 6.20. The van der Waals surface area contributed by atoms with E-state index in [1.807, 2.05) is 65.0 Å². The quantitative estimate of drug-likeness (QED) is 0.0951. The summed E-state index contributed by atoms with van der Waals surface area (Å²) in [5.41, 5.74) is 10.3. The second-order valence-corrected chi connectivity index (χ2v) is 34.9. The predicted octanol–water partition coefficient (Wildman–Crippen LogP) is 10.1. The van der Waals surface area contributed by atoms with Crippen LogP contribution in [0.1, 0.15) is 68.5 Å². The maximum absolute atomic E-state index is 11.7. The molecule has 0 amide bonds. The van der Waals surface area contributed by atoms with Gasteiger partial charge >= 0.3 is 5.97 Å². The van der Waals surface area contributed by atoms with Crippen LogP contribution in [0.25, 0.3) is 22.3 Å². The van der Waals surface area contributed by atoms with Crippen LogP contribution in [0.15, 0.2) is 54.9 Å². The molecule has 3 heterocycles. The normalized spacial score (nSPS) is 19.5. The fraction of sp³-hybridized carbons (Fsp3) is 0.591. The van der Waals surface area contributed by atoms with Crippen LogP contribution >= 0.6 is 0 Å². The van der Waals surface area contributed by atoms with E-state index in [2.05, 4.69) is 107 Å². The van der Waals surface area contributed by atoms with Crippen LogP contribution in [0.2, 0.25) is 54.4 Å². The van der Waals surface area contributed by atoms with Gasteiger partial charge in [-0.05, 0) is 89.8 Å². The molecule has 1 aliphatic rings. The third-order valence-corrected chi connectivity index (χ3v) is 26.7. The van der Waals surface area contributed by atoms with E-state index in [0.29, 0.717) is 29.5 Å². The number of aromatic nitrogens is 4. The Balaban J connectivity index is 1.64. The number of carbonyl (C=O) groups is 1. The fourth-order valence-corrected chi connectivity index (χ4v) is 9.82. The van der Waals surface area contributed by atoms with Gasteiger partial charge in [0.25, 0.3) is 0 Å². The number of hydrogen-bond donors (Lipinski definition) is 1. The molecule has 60 heavy (non-hydrogen) atoms. The molecule has 2 aromatic carbocycles. The summed E-state index contributed by atoms with van der Waals surface area (Å²) in [5.74, 6) is 0.960. The van der Waals surface area contributed by atoms with E-state index >= 15 is 0 Å². The lowest BCUT2D eigenvalue weighted by Gasteiger charge is -2.44. The molecule has 0 bridgehead atoms. The highest BCUT2D eigenvalue weighted by Gasteiger charge is 2.56. The monoisotopic (exact) mass is 878 g/mol. The first-order valence-electron chi connectivity index (χ1n) is 20.9. The second kappa shape index (κ2) is 17.3. The van der Waals surface area contributed by atoms with Gasteiger partial charge < -0.3 is 38.1 Å². The van der Waals surface area contributed by atoms with Crippen molar-refractivity contribution in [1.82, 2.24) is 19.5 Å². The molecule has 5 rings (SSSR count). The molecule has 13 nitrogen and oxygen atoms in total. The summed E-state index contributed by atoms with van der Waals surface area (Å²) in [6, 6.07) is 15.8. The number of hydrogen-bond acceptors (Lipinski definition) is 12. The van der Waals surface area contributed by atoms with Crippen molar-refractivity contribution in [3.8, 4) is 16.9 Å². The smallest absolute Gasteiger partial charge is 0.343 e. The first kappa shape index (κ1) is 47.4. The highest BCUT2D eigenvalue weighted by Crippen LogP contribution is 2.48. The minimum atomic E-state index is -2.46. The maximum Gasteiger partial charge on any atom is 0.343 e. The van der Waals surface area contributed by atoms with Gasteiger partial charge in [0.2, 0.25) is 5.95 Å². The molecule has 16 heteroatoms. The van der Waals surface area contributed by atoms with Gasteiger partial charge in [-0.25, -0.2) is 19.7 Å². The van der Waals surface area contributed by atoms with Gasteiger partial charge in [-0.2, -0.15) is 0 Å². The summed E-state index contributed by atoms with van der Waals surface area (Å²) in [5, 5.41) is -0.179. The van der Waals surface area contributed by atoms with E-state index in [9.17, 15) is 4.79 Å². The van der Waals surface area contributed by atoms with Crippen molar-refractivity contribution in [3.63, 3.8) is 0 Å². The number of rotatable bonds is 14. The summed E-state index contributed by atoms with van der Waals surface area (Å²) < 4.78 is 41.6. The summed E-state index contributed by atoms with van der Waals surface area (Å²) in [7, 11) is -3.75. The summed E-state index contributed by atoms with van der Waals surface area (Å²) >= 11 is 0. The zero-order chi connectivity index (χ0) is 44.8. The maximum atomic E-state index is 11.7. The highest BCUT2D eigenvalue weighted by molar-refractivity contribution is 6.75. The number of nitrogens with two attached hydrogens (primary N) is 1. The first-order chi connectivity index (χ1) is 27.6. The van der Waals surface area contributed by atoms with Crippen LogP contribution in [0.3, 0.4) is 0 Å². The predicted molar refractivity (Wildman–Crippen MR) is 248 cm³/mol. The number of methoxy groups -OCH3 is 1. The second-order valence-electron chi connectivity index (χ2n) is 20.5. The van der Waals surface area contributed by atoms with Crippen LogP contribution < -0.4 is 15.4 Å². The van der Waals surface area contributed by atoms with E-state index in [0.717, 1.165) is 16.8 Å². The van der Waals surface area contributed by atoms with Crippen molar-refractivity contribution >= 4 is 59.5 Å². The number of fused-ring (bicyclic) bond motifs is 1. The van der Waals surface area contributed by atoms with Crippen molar-refractivity contribution in [1.29, 1.82) is 0 Å². The van der Waals surface area contributed by atoms with Crippen LogP contribution in [0.5, 0.6) is 5.75 Å². The van der Waals surface area contributed by atoms with Gasteiger partial charge in [-0.1, -0.05) is 86.6 Å². The average molecular weight is 879 g/mol. The van der Waals surface area contributed by atoms with E-state index in [4.69, 9.17) is 43.2 Å². The number of ether oxygens (including phenoxy) is 3. The van der Waals surface area contributed by atoms with Crippen molar-refractivity contribution in [2.24, 2.45) is 0 Å². The zero-order valence-electron chi connectivity index (χ0n) is 39.1. The Hall–Kier alpha value is -3.65. The molecular formula is C44H70N6O7Si3. The van der Waals surface area contributed by atoms with Gasteiger partial charge in [-0.15, -0.1) is 0 Å². The van der Waals surface area contributed by atoms with Crippen LogP contribution in [0, 0.1) is 0 Å². The molecule has 0 spiro atoms. The molecule has 0 aliphatic carbocycles. The Morgan fingerprint density at radius 3 is 1.97 bits per heavy atom. The van der Waals surface area contributed by atoms with Crippen molar-refractivity contribution in [2.75, 3.05) is 38.0 Å². The number of esters is 1. The summed E-state index contributed by atoms with van der Waals surface area (Å²) in [4.78, 5) is 28.0. The molecule has 1 saturated heterocycles. The lowest BCUT2D eigenvalue weighted by molar-refractivity contribution is -0.142. The molecule has 0 unspecified atom stereocenters. The lowest BCUT2D eigenvalue weighted by atomic mass is 10.0. The number of nitrogens with zero attached hydrogens (tertiary/aromatic N) is 5. The Morgan fingerprint density at radius 1 is 0.817 bits per heavy atom. The molecule has 330 valence electrons. The number of anilines is 3. The van der Waals surface area contributed by atoms with Crippen molar-refractivity contribution < 1.29 is 32.3 Å². The number of imidazole rings is 1. The van der Waals surface area contributed by atoms with E-state index in [-0.39, 0.29) is 27.5 Å². The average Bonchev–Trinajstić information content (AvgIpc) is 3.69. The van der Waals surface area contributed by atoms with Gasteiger partial charge in [-0.3, -0.25) is 4.57 Å². The van der Waals surface area contributed by atoms with Crippen LogP contribution in [-0.4, -0.2) is 96.1 Å². The SMILES string of the molecule is COC(=O)COc1cccc(-c2ccc(N(C)c3nc4c(N)ncnc4n3[C@@H]3O[C@H](CO[Si](C)(C)C(C)(C)C)[C@@H](O[Si](C)(C)C(C)(C)C)[C@H]3O[Si](C)(C)C(C)(C)C)cc2)c1. The van der Waals surface area contributed by atoms with E-state index in [1.54, 1.807) is 0 Å². The third-order valence-electron chi connectivity index (χ3n) is 13.2. The van der Waals surface area contributed by atoms with Gasteiger partial charge in [0.1, 0.15) is 30.4 Å². The van der Waals surface area contributed by atoms with E-state index < -0.39 is 55.5 Å². The zero-order valence-corrected chi connectivity index (χ0v) is 42.1. The van der Waals surface area contributed by atoms with Crippen LogP contribution in [-0.2, 0) is 27.5 Å². The van der Waals surface area contributed by atoms with E-state index in [1.165, 1.54) is 13.4 Å². The van der Waals surface area contributed by atoms with Crippen LogP contribution in [0.4, 0.5) is 17.5 Å². The topological polar surface area (TPSA) is 145 Å².